The molecule has 0 saturated carbocycles. The minimum atomic E-state index is -4.41. The number of rotatable bonds is 5. The summed E-state index contributed by atoms with van der Waals surface area (Å²) in [7, 11) is 0. The SMILES string of the molecule is CCOc1ncccc1C(=O)NCc1cccc(C(F)(F)F)c1. The van der Waals surface area contributed by atoms with Gasteiger partial charge >= 0.3 is 6.18 Å². The third-order valence-corrected chi connectivity index (χ3v) is 3.00. The Kier molecular flexibility index (Phi) is 5.20. The van der Waals surface area contributed by atoms with E-state index in [1.807, 2.05) is 0 Å². The second-order valence-electron chi connectivity index (χ2n) is 4.67. The van der Waals surface area contributed by atoms with Crippen molar-refractivity contribution < 1.29 is 22.7 Å². The number of nitrogens with zero attached hydrogens (tertiary/aromatic N) is 1. The van der Waals surface area contributed by atoms with Crippen LogP contribution in [0, 0.1) is 0 Å². The summed E-state index contributed by atoms with van der Waals surface area (Å²) in [5, 5.41) is 2.57. The summed E-state index contributed by atoms with van der Waals surface area (Å²) in [6, 6.07) is 7.94. The molecule has 23 heavy (non-hydrogen) atoms. The summed E-state index contributed by atoms with van der Waals surface area (Å²) >= 11 is 0. The number of ether oxygens (including phenoxy) is 1. The third-order valence-electron chi connectivity index (χ3n) is 3.00. The summed E-state index contributed by atoms with van der Waals surface area (Å²) in [6.07, 6.45) is -2.92. The zero-order chi connectivity index (χ0) is 16.9. The summed E-state index contributed by atoms with van der Waals surface area (Å²) in [5.74, 6) is -0.268. The standard InChI is InChI=1S/C16H15F3N2O2/c1-2-23-15-13(7-4-8-20-15)14(22)21-10-11-5-3-6-12(9-11)16(17,18)19/h3-9H,2,10H2,1H3,(H,21,22). The molecule has 0 radical (unpaired) electrons. The molecule has 1 amide bonds. The predicted molar refractivity (Wildman–Crippen MR) is 78.0 cm³/mol. The number of hydrogen-bond donors (Lipinski definition) is 1. The van der Waals surface area contributed by atoms with Gasteiger partial charge in [-0.2, -0.15) is 13.2 Å². The van der Waals surface area contributed by atoms with Crippen LogP contribution in [0.2, 0.25) is 0 Å². The molecule has 0 spiro atoms. The van der Waals surface area contributed by atoms with Gasteiger partial charge in [-0.15, -0.1) is 0 Å². The first kappa shape index (κ1) is 16.8. The van der Waals surface area contributed by atoms with Crippen molar-refractivity contribution in [1.82, 2.24) is 10.3 Å². The van der Waals surface area contributed by atoms with Gasteiger partial charge in [0, 0.05) is 12.7 Å². The lowest BCUT2D eigenvalue weighted by molar-refractivity contribution is -0.137. The highest BCUT2D eigenvalue weighted by molar-refractivity contribution is 5.96. The number of halogens is 3. The number of benzene rings is 1. The molecule has 2 rings (SSSR count). The maximum atomic E-state index is 12.7. The van der Waals surface area contributed by atoms with E-state index in [0.29, 0.717) is 12.2 Å². The Labute approximate surface area is 131 Å². The van der Waals surface area contributed by atoms with Crippen molar-refractivity contribution >= 4 is 5.91 Å². The van der Waals surface area contributed by atoms with Crippen LogP contribution < -0.4 is 10.1 Å². The van der Waals surface area contributed by atoms with Crippen LogP contribution >= 0.6 is 0 Å². The van der Waals surface area contributed by atoms with E-state index in [4.69, 9.17) is 4.74 Å². The quantitative estimate of drug-likeness (QED) is 0.917. The molecule has 4 nitrogen and oxygen atoms in total. The number of carbonyl (C=O) groups is 1. The van der Waals surface area contributed by atoms with Gasteiger partial charge in [0.2, 0.25) is 5.88 Å². The Morgan fingerprint density at radius 2 is 2.04 bits per heavy atom. The molecule has 1 N–H and O–H groups in total. The average molecular weight is 324 g/mol. The first-order valence-corrected chi connectivity index (χ1v) is 6.94. The highest BCUT2D eigenvalue weighted by Crippen LogP contribution is 2.29. The highest BCUT2D eigenvalue weighted by atomic mass is 19.4. The Morgan fingerprint density at radius 1 is 1.26 bits per heavy atom. The monoisotopic (exact) mass is 324 g/mol. The molecule has 0 bridgehead atoms. The minimum Gasteiger partial charge on any atom is -0.477 e. The van der Waals surface area contributed by atoms with Crippen molar-refractivity contribution in [3.63, 3.8) is 0 Å². The van der Waals surface area contributed by atoms with E-state index in [9.17, 15) is 18.0 Å². The lowest BCUT2D eigenvalue weighted by Gasteiger charge is -2.11. The fraction of sp³-hybridized carbons (Fsp3) is 0.250. The van der Waals surface area contributed by atoms with Crippen LogP contribution in [0.1, 0.15) is 28.4 Å². The molecule has 122 valence electrons. The van der Waals surface area contributed by atoms with Crippen LogP contribution in [0.4, 0.5) is 13.2 Å². The molecule has 1 aromatic heterocycles. The smallest absolute Gasteiger partial charge is 0.416 e. The van der Waals surface area contributed by atoms with Crippen molar-refractivity contribution in [2.24, 2.45) is 0 Å². The van der Waals surface area contributed by atoms with Gasteiger partial charge in [-0.25, -0.2) is 4.98 Å². The van der Waals surface area contributed by atoms with Crippen LogP contribution in [0.25, 0.3) is 0 Å². The van der Waals surface area contributed by atoms with E-state index >= 15 is 0 Å². The number of aromatic nitrogens is 1. The Hall–Kier alpha value is -2.57. The van der Waals surface area contributed by atoms with Crippen LogP contribution in [0.3, 0.4) is 0 Å². The number of pyridine rings is 1. The van der Waals surface area contributed by atoms with Gasteiger partial charge < -0.3 is 10.1 Å². The first-order valence-electron chi connectivity index (χ1n) is 6.94. The zero-order valence-electron chi connectivity index (χ0n) is 12.4. The van der Waals surface area contributed by atoms with Crippen molar-refractivity contribution in [3.8, 4) is 5.88 Å². The van der Waals surface area contributed by atoms with E-state index in [2.05, 4.69) is 10.3 Å². The van der Waals surface area contributed by atoms with Crippen molar-refractivity contribution in [2.75, 3.05) is 6.61 Å². The molecule has 0 aliphatic heterocycles. The Balaban J connectivity index is 2.08. The Morgan fingerprint density at radius 3 is 2.74 bits per heavy atom. The molecular weight excluding hydrogens is 309 g/mol. The van der Waals surface area contributed by atoms with Gasteiger partial charge in [-0.1, -0.05) is 12.1 Å². The molecule has 0 unspecified atom stereocenters. The summed E-state index contributed by atoms with van der Waals surface area (Å²) in [4.78, 5) is 16.1. The summed E-state index contributed by atoms with van der Waals surface area (Å²) < 4.78 is 43.2. The van der Waals surface area contributed by atoms with Crippen molar-refractivity contribution in [2.45, 2.75) is 19.6 Å². The number of hydrogen-bond acceptors (Lipinski definition) is 3. The maximum absolute atomic E-state index is 12.7. The lowest BCUT2D eigenvalue weighted by atomic mass is 10.1. The first-order chi connectivity index (χ1) is 10.9. The maximum Gasteiger partial charge on any atom is 0.416 e. The largest absolute Gasteiger partial charge is 0.477 e. The molecule has 1 aromatic carbocycles. The Bertz CT molecular complexity index is 687. The second-order valence-corrected chi connectivity index (χ2v) is 4.67. The molecule has 0 fully saturated rings. The second kappa shape index (κ2) is 7.13. The number of nitrogens with one attached hydrogen (secondary N) is 1. The number of alkyl halides is 3. The molecule has 0 aliphatic carbocycles. The molecular formula is C16H15F3N2O2. The van der Waals surface area contributed by atoms with E-state index in [1.165, 1.54) is 18.3 Å². The van der Waals surface area contributed by atoms with Crippen LogP contribution in [-0.4, -0.2) is 17.5 Å². The molecule has 1 heterocycles. The van der Waals surface area contributed by atoms with E-state index < -0.39 is 17.6 Å². The van der Waals surface area contributed by atoms with Gasteiger partial charge in [-0.05, 0) is 36.8 Å². The third kappa shape index (κ3) is 4.45. The number of carbonyl (C=O) groups excluding carboxylic acids is 1. The van der Waals surface area contributed by atoms with Gasteiger partial charge in [0.05, 0.1) is 12.2 Å². The lowest BCUT2D eigenvalue weighted by Crippen LogP contribution is -2.24. The molecule has 0 saturated heterocycles. The molecule has 2 aromatic rings. The van der Waals surface area contributed by atoms with E-state index in [0.717, 1.165) is 12.1 Å². The van der Waals surface area contributed by atoms with Gasteiger partial charge in [0.1, 0.15) is 5.56 Å². The van der Waals surface area contributed by atoms with Gasteiger partial charge in [0.25, 0.3) is 5.91 Å². The van der Waals surface area contributed by atoms with Gasteiger partial charge in [-0.3, -0.25) is 4.79 Å². The highest BCUT2D eigenvalue weighted by Gasteiger charge is 2.30. The predicted octanol–water partition coefficient (Wildman–Crippen LogP) is 3.43. The van der Waals surface area contributed by atoms with Crippen LogP contribution in [0.5, 0.6) is 5.88 Å². The molecule has 7 heteroatoms. The zero-order valence-corrected chi connectivity index (χ0v) is 12.4. The minimum absolute atomic E-state index is 0.0246. The van der Waals surface area contributed by atoms with Crippen LogP contribution in [-0.2, 0) is 12.7 Å². The summed E-state index contributed by atoms with van der Waals surface area (Å²) in [5.41, 5.74) is -0.156. The van der Waals surface area contributed by atoms with Crippen LogP contribution in [0.15, 0.2) is 42.6 Å². The fourth-order valence-electron chi connectivity index (χ4n) is 1.95. The average Bonchev–Trinajstić information content (AvgIpc) is 2.53. The molecule has 0 atom stereocenters. The van der Waals surface area contributed by atoms with Crippen molar-refractivity contribution in [1.29, 1.82) is 0 Å². The summed E-state index contributed by atoms with van der Waals surface area (Å²) in [6.45, 7) is 2.09. The van der Waals surface area contributed by atoms with E-state index in [1.54, 1.807) is 19.1 Å². The topological polar surface area (TPSA) is 51.2 Å². The number of amides is 1. The van der Waals surface area contributed by atoms with Crippen molar-refractivity contribution in [3.05, 3.63) is 59.3 Å². The molecule has 0 aliphatic rings. The van der Waals surface area contributed by atoms with E-state index in [-0.39, 0.29) is 18.0 Å². The fourth-order valence-corrected chi connectivity index (χ4v) is 1.95. The normalized spacial score (nSPS) is 11.1. The van der Waals surface area contributed by atoms with Gasteiger partial charge in [0.15, 0.2) is 0 Å².